The van der Waals surface area contributed by atoms with E-state index in [1.165, 1.54) is 18.4 Å². The number of benzene rings is 2. The fourth-order valence-electron chi connectivity index (χ4n) is 3.90. The Hall–Kier alpha value is -3.65. The minimum atomic E-state index is -0.663. The molecule has 176 valence electrons. The van der Waals surface area contributed by atoms with Crippen molar-refractivity contribution in [2.45, 2.75) is 26.3 Å². The van der Waals surface area contributed by atoms with E-state index in [1.807, 2.05) is 55.5 Å². The molecule has 0 N–H and O–H groups in total. The van der Waals surface area contributed by atoms with Crippen LogP contribution < -0.4 is 24.4 Å². The van der Waals surface area contributed by atoms with Gasteiger partial charge < -0.3 is 14.2 Å². The topological polar surface area (TPSA) is 79.1 Å². The molecular formula is C26H26N2O5S. The first-order chi connectivity index (χ1) is 16.5. The molecule has 1 aromatic heterocycles. The van der Waals surface area contributed by atoms with Gasteiger partial charge in [-0.3, -0.25) is 9.36 Å². The molecule has 0 fully saturated rings. The quantitative estimate of drug-likeness (QED) is 0.488. The highest BCUT2D eigenvalue weighted by molar-refractivity contribution is 7.07. The second-order valence-corrected chi connectivity index (χ2v) is 8.74. The third kappa shape index (κ3) is 4.41. The lowest BCUT2D eigenvalue weighted by Crippen LogP contribution is -2.39. The minimum absolute atomic E-state index is 0.236. The number of aromatic nitrogens is 1. The van der Waals surface area contributed by atoms with Gasteiger partial charge in [-0.05, 0) is 43.2 Å². The predicted molar refractivity (Wildman–Crippen MR) is 131 cm³/mol. The molecule has 7 nitrogen and oxygen atoms in total. The number of thiazole rings is 1. The first kappa shape index (κ1) is 23.5. The lowest BCUT2D eigenvalue weighted by molar-refractivity contribution is -0.136. The molecule has 1 atom stereocenters. The van der Waals surface area contributed by atoms with E-state index < -0.39 is 12.0 Å². The third-order valence-electron chi connectivity index (χ3n) is 5.52. The summed E-state index contributed by atoms with van der Waals surface area (Å²) < 4.78 is 18.2. The van der Waals surface area contributed by atoms with Crippen molar-refractivity contribution < 1.29 is 19.0 Å². The van der Waals surface area contributed by atoms with Gasteiger partial charge in [0.1, 0.15) is 11.5 Å². The Morgan fingerprint density at radius 3 is 2.56 bits per heavy atom. The zero-order valence-corrected chi connectivity index (χ0v) is 20.3. The van der Waals surface area contributed by atoms with Crippen LogP contribution >= 0.6 is 11.3 Å². The smallest absolute Gasteiger partial charge is 0.338 e. The minimum Gasteiger partial charge on any atom is -0.496 e. The van der Waals surface area contributed by atoms with Gasteiger partial charge in [0, 0.05) is 5.56 Å². The van der Waals surface area contributed by atoms with Crippen molar-refractivity contribution >= 4 is 23.4 Å². The number of nitrogens with zero attached hydrogens (tertiary/aromatic N) is 2. The average molecular weight is 479 g/mol. The van der Waals surface area contributed by atoms with E-state index in [0.29, 0.717) is 33.0 Å². The molecule has 4 rings (SSSR count). The van der Waals surface area contributed by atoms with Crippen molar-refractivity contribution in [3.05, 3.63) is 90.6 Å². The fraction of sp³-hybridized carbons (Fsp3) is 0.269. The number of hydrogen-bond donors (Lipinski definition) is 0. The van der Waals surface area contributed by atoms with Gasteiger partial charge in [-0.15, -0.1) is 0 Å². The molecule has 1 aliphatic rings. The maximum Gasteiger partial charge on any atom is 0.338 e. The maximum atomic E-state index is 13.6. The number of fused-ring (bicyclic) bond motifs is 1. The van der Waals surface area contributed by atoms with E-state index in [9.17, 15) is 9.59 Å². The molecule has 8 heteroatoms. The standard InChI is InChI=1S/C26H26N2O5S/c1-5-14-33-19-12-10-17(11-13-19)23-22(25(30)32-4)16(2)27-26-28(23)24(29)21(34-26)15-18-8-6-7-9-20(18)31-3/h6-13,15,23H,5,14H2,1-4H3/b21-15+/t23-/m0/s1. The number of para-hydroxylation sites is 1. The first-order valence-electron chi connectivity index (χ1n) is 10.9. The summed E-state index contributed by atoms with van der Waals surface area (Å²) in [5.74, 6) is 0.880. The van der Waals surface area contributed by atoms with Crippen molar-refractivity contribution in [2.24, 2.45) is 4.99 Å². The van der Waals surface area contributed by atoms with Crippen LogP contribution in [-0.2, 0) is 9.53 Å². The van der Waals surface area contributed by atoms with Gasteiger partial charge in [-0.2, -0.15) is 0 Å². The zero-order valence-electron chi connectivity index (χ0n) is 19.5. The molecule has 0 bridgehead atoms. The molecule has 2 aromatic carbocycles. The van der Waals surface area contributed by atoms with E-state index in [0.717, 1.165) is 23.3 Å². The molecule has 0 aliphatic carbocycles. The Morgan fingerprint density at radius 1 is 1.15 bits per heavy atom. The summed E-state index contributed by atoms with van der Waals surface area (Å²) in [5.41, 5.74) is 2.17. The second-order valence-electron chi connectivity index (χ2n) is 7.73. The number of carbonyl (C=O) groups excluding carboxylic acids is 1. The molecule has 2 heterocycles. The summed E-state index contributed by atoms with van der Waals surface area (Å²) in [6, 6.07) is 14.3. The van der Waals surface area contributed by atoms with Crippen LogP contribution in [0.15, 0.2) is 69.6 Å². The highest BCUT2D eigenvalue weighted by Crippen LogP contribution is 2.31. The summed E-state index contributed by atoms with van der Waals surface area (Å²) in [6.07, 6.45) is 2.69. The highest BCUT2D eigenvalue weighted by Gasteiger charge is 2.33. The molecule has 0 saturated heterocycles. The van der Waals surface area contributed by atoms with E-state index >= 15 is 0 Å². The summed E-state index contributed by atoms with van der Waals surface area (Å²) in [7, 11) is 2.92. The Morgan fingerprint density at radius 2 is 1.88 bits per heavy atom. The summed E-state index contributed by atoms with van der Waals surface area (Å²) in [6.45, 7) is 4.42. The van der Waals surface area contributed by atoms with Crippen LogP contribution in [0.3, 0.4) is 0 Å². The summed E-state index contributed by atoms with van der Waals surface area (Å²) >= 11 is 1.28. The first-order valence-corrected chi connectivity index (χ1v) is 11.8. The maximum absolute atomic E-state index is 13.6. The Bertz CT molecular complexity index is 1420. The largest absolute Gasteiger partial charge is 0.496 e. The van der Waals surface area contributed by atoms with Crippen LogP contribution in [-0.4, -0.2) is 31.4 Å². The highest BCUT2D eigenvalue weighted by atomic mass is 32.1. The number of allylic oxidation sites excluding steroid dienone is 1. The number of methoxy groups -OCH3 is 2. The van der Waals surface area contributed by atoms with Crippen molar-refractivity contribution in [2.75, 3.05) is 20.8 Å². The van der Waals surface area contributed by atoms with Crippen molar-refractivity contribution in [1.82, 2.24) is 4.57 Å². The van der Waals surface area contributed by atoms with Crippen molar-refractivity contribution in [1.29, 1.82) is 0 Å². The van der Waals surface area contributed by atoms with Gasteiger partial charge >= 0.3 is 5.97 Å². The molecule has 0 amide bonds. The number of carbonyl (C=O) groups is 1. The summed E-state index contributed by atoms with van der Waals surface area (Å²) in [4.78, 5) is 31.5. The third-order valence-corrected chi connectivity index (χ3v) is 6.50. The van der Waals surface area contributed by atoms with Crippen LogP contribution in [0.25, 0.3) is 6.08 Å². The van der Waals surface area contributed by atoms with E-state index in [-0.39, 0.29) is 5.56 Å². The Labute approximate surface area is 201 Å². The van der Waals surface area contributed by atoms with Crippen molar-refractivity contribution in [3.8, 4) is 11.5 Å². The number of esters is 1. The second kappa shape index (κ2) is 10.1. The molecule has 0 radical (unpaired) electrons. The number of ether oxygens (including phenoxy) is 3. The van der Waals surface area contributed by atoms with Crippen LogP contribution in [0, 0.1) is 0 Å². The zero-order chi connectivity index (χ0) is 24.2. The molecular weight excluding hydrogens is 452 g/mol. The van der Waals surface area contributed by atoms with Gasteiger partial charge in [-0.25, -0.2) is 9.79 Å². The molecule has 1 aliphatic heterocycles. The van der Waals surface area contributed by atoms with Gasteiger partial charge in [0.25, 0.3) is 5.56 Å². The van der Waals surface area contributed by atoms with Gasteiger partial charge in [0.2, 0.25) is 0 Å². The van der Waals surface area contributed by atoms with E-state index in [1.54, 1.807) is 24.7 Å². The van der Waals surface area contributed by atoms with E-state index in [4.69, 9.17) is 14.2 Å². The van der Waals surface area contributed by atoms with E-state index in [2.05, 4.69) is 4.99 Å². The van der Waals surface area contributed by atoms with Gasteiger partial charge in [0.05, 0.1) is 42.7 Å². The number of rotatable bonds is 7. The van der Waals surface area contributed by atoms with Crippen LogP contribution in [0.5, 0.6) is 11.5 Å². The number of hydrogen-bond acceptors (Lipinski definition) is 7. The van der Waals surface area contributed by atoms with Crippen LogP contribution in [0.1, 0.15) is 37.4 Å². The Kier molecular flexibility index (Phi) is 6.98. The Balaban J connectivity index is 1.90. The predicted octanol–water partition coefficient (Wildman–Crippen LogP) is 3.21. The van der Waals surface area contributed by atoms with Crippen LogP contribution in [0.4, 0.5) is 0 Å². The van der Waals surface area contributed by atoms with Gasteiger partial charge in [0.15, 0.2) is 4.80 Å². The molecule has 3 aromatic rings. The molecule has 0 saturated carbocycles. The lowest BCUT2D eigenvalue weighted by atomic mass is 9.96. The SMILES string of the molecule is CCCOc1ccc([C@H]2C(C(=O)OC)=C(C)N=c3s/c(=C/c4ccccc4OC)c(=O)n32)cc1. The average Bonchev–Trinajstić information content (AvgIpc) is 3.16. The fourth-order valence-corrected chi connectivity index (χ4v) is 4.94. The van der Waals surface area contributed by atoms with Crippen LogP contribution in [0.2, 0.25) is 0 Å². The molecule has 0 spiro atoms. The normalized spacial score (nSPS) is 15.5. The summed E-state index contributed by atoms with van der Waals surface area (Å²) in [5, 5.41) is 0. The van der Waals surface area contributed by atoms with Crippen molar-refractivity contribution in [3.63, 3.8) is 0 Å². The monoisotopic (exact) mass is 478 g/mol. The molecule has 34 heavy (non-hydrogen) atoms. The van der Waals surface area contributed by atoms with Gasteiger partial charge in [-0.1, -0.05) is 48.6 Å². The lowest BCUT2D eigenvalue weighted by Gasteiger charge is -2.24. The molecule has 0 unspecified atom stereocenters.